The van der Waals surface area contributed by atoms with Gasteiger partial charge in [0.15, 0.2) is 29.4 Å². The van der Waals surface area contributed by atoms with Crippen LogP contribution < -0.4 is 51.5 Å². The van der Waals surface area contributed by atoms with Gasteiger partial charge in [-0.3, -0.25) is 42.8 Å². The summed E-state index contributed by atoms with van der Waals surface area (Å²) in [5.74, 6) is 5.34. The lowest BCUT2D eigenvalue weighted by Crippen LogP contribution is -2.32. The number of Topliss-reactive ketones (excluding diaryl/α,β-unsaturated/α-hetero) is 3. The number of hydrogen-bond acceptors (Lipinski definition) is 22. The van der Waals surface area contributed by atoms with Crippen LogP contribution in [0.4, 0.5) is 5.69 Å². The molecule has 12 aromatic rings. The molecule has 3 atom stereocenters. The largest absolute Gasteiger partial charge is 0.508 e. The first kappa shape index (κ1) is 110. The third-order valence-corrected chi connectivity index (χ3v) is 27.1. The van der Waals surface area contributed by atoms with Crippen molar-refractivity contribution in [3.63, 3.8) is 0 Å². The average molecular weight is 2400 g/mol. The van der Waals surface area contributed by atoms with Crippen molar-refractivity contribution in [3.05, 3.63) is 313 Å². The summed E-state index contributed by atoms with van der Waals surface area (Å²) >= 11 is 32.0. The molecule has 1 saturated heterocycles. The Morgan fingerprint density at radius 1 is 0.566 bits per heavy atom. The number of rotatable bonds is 28. The summed E-state index contributed by atoms with van der Waals surface area (Å²) in [7, 11) is -3.42. The number of aromatic amines is 2. The van der Waals surface area contributed by atoms with E-state index in [2.05, 4.69) is 179 Å². The van der Waals surface area contributed by atoms with E-state index < -0.39 is 24.9 Å². The van der Waals surface area contributed by atoms with Crippen molar-refractivity contribution in [2.24, 2.45) is 5.73 Å². The third kappa shape index (κ3) is 31.8. The van der Waals surface area contributed by atoms with Crippen molar-refractivity contribution < 1.29 is 76.9 Å². The second-order valence-electron chi connectivity index (χ2n) is 33.6. The molecule has 35 heteroatoms. The number of aromatic nitrogens is 5. The summed E-state index contributed by atoms with van der Waals surface area (Å²) in [6.45, 7) is 30.5. The van der Waals surface area contributed by atoms with Gasteiger partial charge < -0.3 is 59.7 Å². The number of ketones is 3. The van der Waals surface area contributed by atoms with E-state index in [1.807, 2.05) is 108 Å². The van der Waals surface area contributed by atoms with E-state index in [1.165, 1.54) is 62.6 Å². The number of aromatic hydroxyl groups is 4. The van der Waals surface area contributed by atoms with Gasteiger partial charge in [-0.05, 0) is 386 Å². The zero-order valence-electron chi connectivity index (χ0n) is 77.5. The molecule has 1 aliphatic rings. The molecule has 0 bridgehead atoms. The number of H-pyrrole nitrogens is 2. The number of nitrogens with one attached hydrogen (secondary N) is 3. The number of anilines is 1. The van der Waals surface area contributed by atoms with Gasteiger partial charge in [-0.15, -0.1) is 5.10 Å². The highest BCUT2D eigenvalue weighted by atomic mass is 127. The molecule has 136 heavy (non-hydrogen) atoms. The van der Waals surface area contributed by atoms with E-state index in [0.717, 1.165) is 95.4 Å². The normalized spacial score (nSPS) is 13.5. The Bertz CT molecular complexity index is 6540. The fraction of sp³-hybridized carbons (Fsp3) is 0.297. The minimum absolute atomic E-state index is 0.0136. The van der Waals surface area contributed by atoms with E-state index in [4.69, 9.17) is 73.3 Å². The molecule has 3 unspecified atom stereocenters. The van der Waals surface area contributed by atoms with Crippen LogP contribution in [0.1, 0.15) is 202 Å². The number of nitrogens with two attached hydrogens (primary N) is 1. The quantitative estimate of drug-likeness (QED) is 0.0128. The molecule has 1 fully saturated rings. The van der Waals surface area contributed by atoms with Crippen molar-refractivity contribution in [1.29, 1.82) is 0 Å². The predicted molar refractivity (Wildman–Crippen MR) is 564 cm³/mol. The Kier molecular flexibility index (Phi) is 40.8. The lowest BCUT2D eigenvalue weighted by atomic mass is 9.93. The Morgan fingerprint density at radius 3 is 1.57 bits per heavy atom. The maximum atomic E-state index is 13.2. The van der Waals surface area contributed by atoms with E-state index in [1.54, 1.807) is 66.7 Å². The lowest BCUT2D eigenvalue weighted by Gasteiger charge is -2.30. The summed E-state index contributed by atoms with van der Waals surface area (Å²) in [6.07, 6.45) is 2.01. The van der Waals surface area contributed by atoms with Crippen LogP contribution in [0.3, 0.4) is 0 Å². The minimum Gasteiger partial charge on any atom is -0.508 e. The Morgan fingerprint density at radius 2 is 1.07 bits per heavy atom. The van der Waals surface area contributed by atoms with Crippen molar-refractivity contribution in [2.45, 2.75) is 179 Å². The van der Waals surface area contributed by atoms with Crippen LogP contribution in [0.25, 0.3) is 5.69 Å². The number of phenolic OH excluding ortho intramolecular Hbond substituents is 4. The monoisotopic (exact) mass is 2400 g/mol. The fourth-order valence-corrected chi connectivity index (χ4v) is 20.2. The first-order valence-corrected chi connectivity index (χ1v) is 50.6. The summed E-state index contributed by atoms with van der Waals surface area (Å²) in [5, 5.41) is 53.2. The van der Waals surface area contributed by atoms with Crippen molar-refractivity contribution in [1.82, 2.24) is 25.0 Å². The number of phenols is 4. The number of hydrogen-bond donors (Lipinski definition) is 8. The predicted octanol–water partition coefficient (Wildman–Crippen LogP) is 25.5. The third-order valence-electron chi connectivity index (χ3n) is 21.1. The molecule has 10 aromatic carbocycles. The first-order valence-electron chi connectivity index (χ1n) is 43.0. The van der Waals surface area contributed by atoms with Gasteiger partial charge in [0.25, 0.3) is 11.1 Å². The Balaban J connectivity index is 0.000000192. The van der Waals surface area contributed by atoms with Gasteiger partial charge in [0.05, 0.1) is 60.6 Å². The van der Waals surface area contributed by atoms with Gasteiger partial charge >= 0.3 is 13.3 Å². The molecular weight excluding hydrogens is 2290 g/mol. The number of carbonyl (C=O) groups excluding carboxylic acids is 4. The van der Waals surface area contributed by atoms with E-state index in [0.29, 0.717) is 79.2 Å². The molecule has 1 amide bonds. The molecule has 0 saturated carbocycles. The summed E-state index contributed by atoms with van der Waals surface area (Å²) in [5.41, 5.74) is 19.4. The molecule has 2 aromatic heterocycles. The number of ether oxygens (including phenoxy) is 5. The molecule has 0 aliphatic carbocycles. The molecule has 9 N–H and O–H groups in total. The van der Waals surface area contributed by atoms with Crippen LogP contribution in [-0.2, 0) is 52.1 Å². The number of halogens is 8. The standard InChI is InChI=1S/C28H32ClO5P.C21H26O3.C19H19Br2NO4.C17H15Cl2N5O4.C16H14I3NO3/c1-18(2)25-14-21(8-9-27(25)30)15-26-19(3)12-24(13-20(26)4)32-17-35(31)33-11-10-28(34-35)22-6-5-7-23(29)16-22;1-13(2)19-10-17(6-7-21(19)23)11-20-14(3)8-18(9-15(20)4)24-12-16(5)22;1-10(2)14-9-13(4-5-17(14)24)26-19-15(20)7-12(8-16(19)21)22-18(25)6-11(3)23;1-7(2)10-6-13(21-22-16(10)26)28-14-11(18)4-9(5-12(14)19)24-17(27)20-15(25)8(3)23-24;1-8(21)14(20)6-9-4-12(18)16(13(19)5-9)23-10-2-3-15(22)11(17)7-10/h5-9,12-14,16,18,28,30H,10-11,15,17H2,1-4H3;6-10,13,23H,11-12H2,1-5H3;4-5,7-10,24H,6H2,1-3H3,(H,22,25);4-7H,1-3H3,(H,22,26)(H,20,25,27);2-5,7,14,22H,6,20H2,1H3. The highest BCUT2D eigenvalue weighted by Crippen LogP contribution is 2.56. The van der Waals surface area contributed by atoms with E-state index in [-0.39, 0.29) is 123 Å². The van der Waals surface area contributed by atoms with Gasteiger partial charge in [-0.1, -0.05) is 127 Å². The van der Waals surface area contributed by atoms with Crippen LogP contribution >= 0.6 is 142 Å². The molecule has 0 radical (unpaired) electrons. The van der Waals surface area contributed by atoms with Gasteiger partial charge in [0.1, 0.15) is 69.9 Å². The lowest BCUT2D eigenvalue weighted by molar-refractivity contribution is -0.124. The molecular formula is C101H106Br2Cl3I3N7O19P. The summed E-state index contributed by atoms with van der Waals surface area (Å²) in [4.78, 5) is 82.6. The summed E-state index contributed by atoms with van der Waals surface area (Å²) in [6, 6.07) is 48.3. The topological polar surface area (TPSA) is 382 Å². The number of amides is 1. The molecule has 720 valence electrons. The zero-order valence-corrected chi connectivity index (χ0v) is 90.3. The van der Waals surface area contributed by atoms with Crippen LogP contribution in [0, 0.1) is 45.3 Å². The Labute approximate surface area is 862 Å². The van der Waals surface area contributed by atoms with Gasteiger partial charge in [-0.25, -0.2) is 9.89 Å². The second-order valence-corrected chi connectivity index (χ2v) is 42.0. The van der Waals surface area contributed by atoms with Gasteiger partial charge in [0, 0.05) is 34.3 Å². The maximum Gasteiger partial charge on any atom is 0.368 e. The molecule has 1 aliphatic heterocycles. The minimum atomic E-state index is -3.42. The highest BCUT2D eigenvalue weighted by molar-refractivity contribution is 14.1. The van der Waals surface area contributed by atoms with Crippen molar-refractivity contribution in [3.8, 4) is 74.8 Å². The van der Waals surface area contributed by atoms with E-state index in [9.17, 15) is 58.6 Å². The van der Waals surface area contributed by atoms with Crippen molar-refractivity contribution >= 4 is 171 Å². The molecule has 26 nitrogen and oxygen atoms in total. The Hall–Kier alpha value is -9.50. The van der Waals surface area contributed by atoms with Gasteiger partial charge in [-0.2, -0.15) is 9.78 Å². The molecule has 0 spiro atoms. The van der Waals surface area contributed by atoms with Crippen molar-refractivity contribution in [2.75, 3.05) is 24.9 Å². The van der Waals surface area contributed by atoms with Crippen LogP contribution in [0.2, 0.25) is 15.1 Å². The molecule has 13 rings (SSSR count). The number of benzene rings is 10. The smallest absolute Gasteiger partial charge is 0.368 e. The zero-order chi connectivity index (χ0) is 100. The summed E-state index contributed by atoms with van der Waals surface area (Å²) < 4.78 is 58.5. The van der Waals surface area contributed by atoms with Crippen LogP contribution in [0.5, 0.6) is 69.1 Å². The molecule has 3 heterocycles. The fourth-order valence-electron chi connectivity index (χ4n) is 14.0. The number of nitrogens with zero attached hydrogens (tertiary/aromatic N) is 3. The number of aryl methyl sites for hydroxylation is 5. The number of carbonyl (C=O) groups is 4. The average Bonchev–Trinajstić information content (AvgIpc) is 1.03. The van der Waals surface area contributed by atoms with Crippen LogP contribution in [0.15, 0.2) is 187 Å². The van der Waals surface area contributed by atoms with Gasteiger partial charge in [0.2, 0.25) is 11.8 Å². The van der Waals surface area contributed by atoms with Crippen LogP contribution in [-0.4, -0.2) is 94.2 Å². The van der Waals surface area contributed by atoms with E-state index >= 15 is 0 Å². The second kappa shape index (κ2) is 50.4. The first-order chi connectivity index (χ1) is 64.0. The SMILES string of the molecule is CC(=O)C(N)Cc1cc(I)c(Oc2ccc(O)c(I)c2)c(I)c1.CC(=O)CC(=O)Nc1cc(Br)c(Oc2ccc(O)c(C(C)C)c2)c(Br)c1.CC(=O)COc1cc(C)c(Cc2ccc(O)c(C(C)C)c2)c(C)c1.Cc1cc(OCP2(=O)OCCC(c3cccc(Cl)c3)O2)cc(C)c1Cc1ccc(O)c(C(C)C)c1.Cc1nn(-c2cc(Cl)c(Oc3cc(C(C)C)c(=O)[nH]n3)c(Cl)c2)c(=O)[nH]c1=O. The highest BCUT2D eigenvalue weighted by Gasteiger charge is 2.36. The maximum absolute atomic E-state index is 13.2.